The fourth-order valence-electron chi connectivity index (χ4n) is 5.70. The summed E-state index contributed by atoms with van der Waals surface area (Å²) in [7, 11) is -20.1. The van der Waals surface area contributed by atoms with Crippen molar-refractivity contribution in [2.24, 2.45) is 10.2 Å². The summed E-state index contributed by atoms with van der Waals surface area (Å²) in [5.74, 6) is -3.44. The minimum absolute atomic E-state index is 0.214. The number of phenols is 2. The number of carbonyl (C=O) groups excluding carboxylic acids is 2. The molecule has 58 heavy (non-hydrogen) atoms. The van der Waals surface area contributed by atoms with Gasteiger partial charge in [0.05, 0.1) is 32.3 Å². The summed E-state index contributed by atoms with van der Waals surface area (Å²) in [6.45, 7) is 0. The fraction of sp³-hybridized carbons (Fsp3) is 0. The van der Waals surface area contributed by atoms with Crippen LogP contribution in [0.5, 0.6) is 11.5 Å². The second-order valence-corrected chi connectivity index (χ2v) is 17.8. The highest BCUT2D eigenvalue weighted by Gasteiger charge is 2.37. The van der Waals surface area contributed by atoms with Crippen LogP contribution in [0.1, 0.15) is 31.8 Å². The van der Waals surface area contributed by atoms with Crippen molar-refractivity contribution in [3.05, 3.63) is 92.7 Å². The van der Waals surface area contributed by atoms with Crippen LogP contribution < -0.4 is 22.3 Å². The smallest absolute Gasteiger partial charge is 0.296 e. The summed E-state index contributed by atoms with van der Waals surface area (Å²) in [5.41, 5.74) is 12.0. The van der Waals surface area contributed by atoms with Crippen LogP contribution in [0.4, 0.5) is 22.7 Å². The van der Waals surface area contributed by atoms with E-state index in [-0.39, 0.29) is 33.6 Å². The molecular formula is C32H24N6O16S4. The van der Waals surface area contributed by atoms with Crippen LogP contribution in [0, 0.1) is 0 Å². The number of rotatable bonds is 9. The van der Waals surface area contributed by atoms with Crippen LogP contribution in [0.25, 0.3) is 23.3 Å². The number of nitrogens with two attached hydrogens (primary N) is 2. The van der Waals surface area contributed by atoms with Gasteiger partial charge in [-0.2, -0.15) is 43.9 Å². The molecule has 0 atom stereocenters. The maximum Gasteiger partial charge on any atom is 0.296 e. The third kappa shape index (κ3) is 7.88. The van der Waals surface area contributed by atoms with Crippen molar-refractivity contribution in [2.45, 2.75) is 9.79 Å². The molecule has 0 saturated heterocycles. The van der Waals surface area contributed by atoms with Gasteiger partial charge < -0.3 is 21.7 Å². The van der Waals surface area contributed by atoms with Gasteiger partial charge in [-0.25, -0.2) is 0 Å². The average molecular weight is 877 g/mol. The number of Topliss-reactive ketones (excluding diaryl/α,β-unsaturated/α-hetero) is 2. The van der Waals surface area contributed by atoms with Crippen LogP contribution in [-0.2, 0) is 40.5 Å². The van der Waals surface area contributed by atoms with Gasteiger partial charge in [0.25, 0.3) is 40.5 Å². The van der Waals surface area contributed by atoms with Gasteiger partial charge in [-0.3, -0.25) is 38.7 Å². The molecule has 26 heteroatoms. The van der Waals surface area contributed by atoms with Crippen molar-refractivity contribution in [3.8, 4) is 22.6 Å². The van der Waals surface area contributed by atoms with Crippen molar-refractivity contribution in [1.82, 2.24) is 0 Å². The largest absolute Gasteiger partial charge is 0.506 e. The Labute approximate surface area is 326 Å². The number of hydrazone groups is 2. The van der Waals surface area contributed by atoms with Crippen LogP contribution in [-0.4, -0.2) is 85.1 Å². The molecule has 6 rings (SSSR count). The van der Waals surface area contributed by atoms with Crippen LogP contribution >= 0.6 is 0 Å². The second kappa shape index (κ2) is 14.1. The van der Waals surface area contributed by atoms with Gasteiger partial charge >= 0.3 is 0 Å². The number of fused-ring (bicyclic) bond motifs is 2. The number of nitrogen functional groups attached to an aromatic ring is 2. The molecule has 2 aliphatic carbocycles. The van der Waals surface area contributed by atoms with Crippen LogP contribution in [0.15, 0.2) is 90.5 Å². The summed E-state index contributed by atoms with van der Waals surface area (Å²) < 4.78 is 134. The number of phenolic OH excluding ortho intramolecular Hbond substituents is 2. The zero-order chi connectivity index (χ0) is 42.9. The Morgan fingerprint density at radius 2 is 0.845 bits per heavy atom. The van der Waals surface area contributed by atoms with Gasteiger partial charge in [-0.1, -0.05) is 12.1 Å². The molecule has 0 amide bonds. The van der Waals surface area contributed by atoms with Gasteiger partial charge in [0.15, 0.2) is 11.4 Å². The molecule has 0 aliphatic heterocycles. The van der Waals surface area contributed by atoms with Crippen molar-refractivity contribution >= 4 is 98.4 Å². The Bertz CT molecular complexity index is 2930. The summed E-state index contributed by atoms with van der Waals surface area (Å²) in [6, 6.07) is 10.5. The molecule has 0 heterocycles. The molecule has 0 saturated carbocycles. The number of nitrogens with zero attached hydrogens (tertiary/aromatic N) is 2. The van der Waals surface area contributed by atoms with E-state index in [4.69, 9.17) is 11.5 Å². The Morgan fingerprint density at radius 1 is 0.500 bits per heavy atom. The number of aromatic hydroxyl groups is 2. The molecule has 0 radical (unpaired) electrons. The molecule has 0 bridgehead atoms. The third-order valence-electron chi connectivity index (χ3n) is 8.33. The van der Waals surface area contributed by atoms with E-state index in [1.165, 1.54) is 24.3 Å². The highest BCUT2D eigenvalue weighted by molar-refractivity contribution is 7.91. The van der Waals surface area contributed by atoms with E-state index in [1.807, 2.05) is 0 Å². The van der Waals surface area contributed by atoms with Gasteiger partial charge in [0.1, 0.15) is 21.3 Å². The van der Waals surface area contributed by atoms with E-state index in [0.717, 1.165) is 36.4 Å². The van der Waals surface area contributed by atoms with Gasteiger partial charge in [0, 0.05) is 11.4 Å². The molecular weight excluding hydrogens is 853 g/mol. The lowest BCUT2D eigenvalue weighted by Crippen LogP contribution is -2.28. The molecule has 12 N–H and O–H groups in total. The number of ketones is 2. The molecule has 0 fully saturated rings. The molecule has 4 aromatic rings. The number of nitrogens with one attached hydrogen (secondary N) is 2. The first-order valence-electron chi connectivity index (χ1n) is 15.4. The van der Waals surface area contributed by atoms with Crippen molar-refractivity contribution in [2.75, 3.05) is 22.3 Å². The highest BCUT2D eigenvalue weighted by atomic mass is 32.2. The predicted octanol–water partition coefficient (Wildman–Crippen LogP) is 2.21. The van der Waals surface area contributed by atoms with Crippen LogP contribution in [0.2, 0.25) is 0 Å². The van der Waals surface area contributed by atoms with Crippen molar-refractivity contribution < 1.29 is 71.7 Å². The number of benzene rings is 4. The lowest BCUT2D eigenvalue weighted by atomic mass is 9.93. The third-order valence-corrected chi connectivity index (χ3v) is 11.7. The normalized spacial score (nSPS) is 16.1. The zero-order valence-corrected chi connectivity index (χ0v) is 31.6. The standard InChI is InChI=1S/C32H24N6O16S4/c33-19-11-17(55(43,44)45)5-15-9-25(57(49,50)51)29(31(41)27(15)19)37-35-21-3-1-13(7-23(21)39)14-2-4-22(24(40)8-14)36-38-30-26(58(52,53)54)10-16-6-18(56(46,47)48)12-20(34)28(16)32(30)42/h1-12,35-36,39-40H,33-34H2,(H,43,44,45)(H,46,47,48)(H,49,50,51)(H,52,53,54). The highest BCUT2D eigenvalue weighted by Crippen LogP contribution is 2.37. The summed E-state index contributed by atoms with van der Waals surface area (Å²) in [6.07, 6.45) is 1.40. The Balaban J connectivity index is 1.27. The van der Waals surface area contributed by atoms with Crippen molar-refractivity contribution in [3.63, 3.8) is 0 Å². The molecule has 2 aliphatic rings. The Hall–Kier alpha value is -6.52. The lowest BCUT2D eigenvalue weighted by Gasteiger charge is -2.19. The first-order chi connectivity index (χ1) is 26.8. The second-order valence-electron chi connectivity index (χ2n) is 12.1. The van der Waals surface area contributed by atoms with Gasteiger partial charge in [-0.15, -0.1) is 0 Å². The maximum absolute atomic E-state index is 13.3. The number of hydrogen-bond acceptors (Lipinski definition) is 18. The molecule has 4 aromatic carbocycles. The molecule has 0 aromatic heterocycles. The Kier molecular flexibility index (Phi) is 10.0. The van der Waals surface area contributed by atoms with E-state index in [9.17, 15) is 71.7 Å². The van der Waals surface area contributed by atoms with Crippen LogP contribution in [0.3, 0.4) is 0 Å². The van der Waals surface area contributed by atoms with Gasteiger partial charge in [0.2, 0.25) is 11.6 Å². The lowest BCUT2D eigenvalue weighted by molar-refractivity contribution is 0.105. The molecule has 0 spiro atoms. The summed E-state index contributed by atoms with van der Waals surface area (Å²) in [4.78, 5) is 23.0. The Morgan fingerprint density at radius 3 is 1.14 bits per heavy atom. The molecule has 22 nitrogen and oxygen atoms in total. The van der Waals surface area contributed by atoms with E-state index in [2.05, 4.69) is 21.1 Å². The molecule has 302 valence electrons. The quantitative estimate of drug-likeness (QED) is 0.0498. The van der Waals surface area contributed by atoms with E-state index < -0.39 is 117 Å². The number of hydrogen-bond donors (Lipinski definition) is 10. The minimum Gasteiger partial charge on any atom is -0.506 e. The summed E-state index contributed by atoms with van der Waals surface area (Å²) in [5, 5.41) is 29.0. The SMILES string of the molecule is Nc1cc(S(=O)(=O)O)cc2c1C(=O)C(=NNc1ccc(-c3ccc(NN=C4C(=O)c5c(N)cc(S(=O)(=O)O)cc5C=C4S(=O)(=O)O)c(O)c3)cc1O)C(S(=O)(=O)O)=C2. The van der Waals surface area contributed by atoms with E-state index in [1.54, 1.807) is 0 Å². The number of carbonyl (C=O) groups is 2. The predicted molar refractivity (Wildman–Crippen MR) is 206 cm³/mol. The number of anilines is 4. The first kappa shape index (κ1) is 41.1. The monoisotopic (exact) mass is 876 g/mol. The van der Waals surface area contributed by atoms with E-state index in [0.29, 0.717) is 12.2 Å². The first-order valence-corrected chi connectivity index (χ1v) is 21.2. The van der Waals surface area contributed by atoms with Gasteiger partial charge in [-0.05, 0) is 82.9 Å². The average Bonchev–Trinajstić information content (AvgIpc) is 3.09. The van der Waals surface area contributed by atoms with E-state index >= 15 is 0 Å². The topological polar surface area (TPSA) is 393 Å². The summed E-state index contributed by atoms with van der Waals surface area (Å²) >= 11 is 0. The maximum atomic E-state index is 13.3. The zero-order valence-electron chi connectivity index (χ0n) is 28.4. The molecule has 0 unspecified atom stereocenters. The minimum atomic E-state index is -5.19. The fourth-order valence-corrected chi connectivity index (χ4v) is 8.12. The number of allylic oxidation sites excluding steroid dienone is 2. The van der Waals surface area contributed by atoms with Crippen molar-refractivity contribution in [1.29, 1.82) is 0 Å².